The standard InChI is InChI=1S/C9H23N3/c1-6-9(7-2,12-5)8(10-3)11-4/h8,10-12H,6-7H2,1-5H3. The van der Waals surface area contributed by atoms with E-state index in [4.69, 9.17) is 0 Å². The number of likely N-dealkylation sites (N-methyl/N-ethyl adjacent to an activating group) is 3. The fourth-order valence-corrected chi connectivity index (χ4v) is 1.85. The number of hydrogen-bond donors (Lipinski definition) is 3. The molecule has 0 saturated carbocycles. The average molecular weight is 173 g/mol. The minimum Gasteiger partial charge on any atom is -0.312 e. The minimum atomic E-state index is 0.170. The molecule has 0 spiro atoms. The molecule has 0 saturated heterocycles. The lowest BCUT2D eigenvalue weighted by molar-refractivity contribution is 0.213. The highest BCUT2D eigenvalue weighted by Gasteiger charge is 2.31. The maximum atomic E-state index is 3.39. The number of rotatable bonds is 6. The zero-order valence-electron chi connectivity index (χ0n) is 8.99. The van der Waals surface area contributed by atoms with Crippen LogP contribution in [0.15, 0.2) is 0 Å². The van der Waals surface area contributed by atoms with Crippen molar-refractivity contribution < 1.29 is 0 Å². The third-order valence-electron chi connectivity index (χ3n) is 2.89. The monoisotopic (exact) mass is 173 g/mol. The summed E-state index contributed by atoms with van der Waals surface area (Å²) in [5, 5.41) is 9.94. The predicted molar refractivity (Wildman–Crippen MR) is 54.3 cm³/mol. The number of nitrogens with one attached hydrogen (secondary N) is 3. The molecular formula is C9H23N3. The molecule has 0 atom stereocenters. The Morgan fingerprint density at radius 3 is 1.50 bits per heavy atom. The molecule has 12 heavy (non-hydrogen) atoms. The van der Waals surface area contributed by atoms with E-state index in [1.165, 1.54) is 0 Å². The zero-order chi connectivity index (χ0) is 9.61. The fraction of sp³-hybridized carbons (Fsp3) is 1.00. The third-order valence-corrected chi connectivity index (χ3v) is 2.89. The van der Waals surface area contributed by atoms with E-state index < -0.39 is 0 Å². The van der Waals surface area contributed by atoms with Crippen LogP contribution < -0.4 is 16.0 Å². The van der Waals surface area contributed by atoms with Crippen LogP contribution in [0.4, 0.5) is 0 Å². The first kappa shape index (κ1) is 11.9. The van der Waals surface area contributed by atoms with Crippen molar-refractivity contribution in [2.24, 2.45) is 0 Å². The van der Waals surface area contributed by atoms with Crippen LogP contribution in [-0.2, 0) is 0 Å². The van der Waals surface area contributed by atoms with Crippen LogP contribution in [0.5, 0.6) is 0 Å². The van der Waals surface area contributed by atoms with Gasteiger partial charge in [-0.05, 0) is 34.0 Å². The number of hydrogen-bond acceptors (Lipinski definition) is 3. The van der Waals surface area contributed by atoms with Crippen LogP contribution in [0.1, 0.15) is 26.7 Å². The topological polar surface area (TPSA) is 36.1 Å². The van der Waals surface area contributed by atoms with Crippen LogP contribution >= 0.6 is 0 Å². The third kappa shape index (κ3) is 2.19. The first-order valence-electron chi connectivity index (χ1n) is 4.74. The van der Waals surface area contributed by atoms with Gasteiger partial charge in [-0.3, -0.25) is 0 Å². The molecule has 0 bridgehead atoms. The molecule has 0 aliphatic heterocycles. The molecule has 0 heterocycles. The van der Waals surface area contributed by atoms with E-state index in [1.54, 1.807) is 0 Å². The quantitative estimate of drug-likeness (QED) is 0.513. The van der Waals surface area contributed by atoms with Crippen LogP contribution in [0.25, 0.3) is 0 Å². The molecule has 3 heteroatoms. The molecule has 0 unspecified atom stereocenters. The Balaban J connectivity index is 4.42. The second-order valence-electron chi connectivity index (χ2n) is 3.12. The van der Waals surface area contributed by atoms with Gasteiger partial charge in [0.2, 0.25) is 0 Å². The van der Waals surface area contributed by atoms with Crippen molar-refractivity contribution in [3.8, 4) is 0 Å². The van der Waals surface area contributed by atoms with Crippen molar-refractivity contribution >= 4 is 0 Å². The summed E-state index contributed by atoms with van der Waals surface area (Å²) in [4.78, 5) is 0. The van der Waals surface area contributed by atoms with Crippen molar-refractivity contribution in [3.05, 3.63) is 0 Å². The Bertz CT molecular complexity index is 98.1. The molecule has 0 aromatic rings. The fourth-order valence-electron chi connectivity index (χ4n) is 1.85. The molecule has 0 aromatic heterocycles. The summed E-state index contributed by atoms with van der Waals surface area (Å²) >= 11 is 0. The highest BCUT2D eigenvalue weighted by molar-refractivity contribution is 4.93. The molecule has 0 radical (unpaired) electrons. The van der Waals surface area contributed by atoms with E-state index in [9.17, 15) is 0 Å². The van der Waals surface area contributed by atoms with E-state index in [2.05, 4.69) is 29.8 Å². The van der Waals surface area contributed by atoms with Gasteiger partial charge in [-0.2, -0.15) is 0 Å². The first-order valence-corrected chi connectivity index (χ1v) is 4.74. The predicted octanol–water partition coefficient (Wildman–Crippen LogP) is 0.530. The Morgan fingerprint density at radius 1 is 1.00 bits per heavy atom. The van der Waals surface area contributed by atoms with Crippen LogP contribution in [0.3, 0.4) is 0 Å². The minimum absolute atomic E-state index is 0.170. The van der Waals surface area contributed by atoms with Gasteiger partial charge in [-0.25, -0.2) is 0 Å². The molecule has 0 aromatic carbocycles. The summed E-state index contributed by atoms with van der Waals surface area (Å²) in [6.45, 7) is 4.42. The summed E-state index contributed by atoms with van der Waals surface area (Å²) in [6, 6.07) is 0. The average Bonchev–Trinajstić information content (AvgIpc) is 2.14. The second kappa shape index (κ2) is 5.51. The Labute approximate surface area is 76.3 Å². The molecule has 0 aliphatic rings. The van der Waals surface area contributed by atoms with E-state index in [0.717, 1.165) is 12.8 Å². The van der Waals surface area contributed by atoms with Gasteiger partial charge in [0.15, 0.2) is 0 Å². The highest BCUT2D eigenvalue weighted by Crippen LogP contribution is 2.17. The summed E-state index contributed by atoms with van der Waals surface area (Å²) in [6.07, 6.45) is 2.57. The van der Waals surface area contributed by atoms with Crippen molar-refractivity contribution in [3.63, 3.8) is 0 Å². The lowest BCUT2D eigenvalue weighted by Crippen LogP contribution is -2.62. The van der Waals surface area contributed by atoms with Crippen LogP contribution in [0, 0.1) is 0 Å². The van der Waals surface area contributed by atoms with Crippen molar-refractivity contribution in [1.29, 1.82) is 0 Å². The van der Waals surface area contributed by atoms with Gasteiger partial charge in [-0.15, -0.1) is 0 Å². The lowest BCUT2D eigenvalue weighted by atomic mass is 9.89. The van der Waals surface area contributed by atoms with Gasteiger partial charge in [0.1, 0.15) is 0 Å². The maximum Gasteiger partial charge on any atom is 0.0754 e. The molecule has 3 nitrogen and oxygen atoms in total. The van der Waals surface area contributed by atoms with E-state index in [-0.39, 0.29) is 5.54 Å². The van der Waals surface area contributed by atoms with Gasteiger partial charge in [-0.1, -0.05) is 13.8 Å². The normalized spacial score (nSPS) is 12.5. The molecule has 74 valence electrons. The Hall–Kier alpha value is -0.120. The van der Waals surface area contributed by atoms with Gasteiger partial charge < -0.3 is 16.0 Å². The second-order valence-corrected chi connectivity index (χ2v) is 3.12. The molecule has 0 aliphatic carbocycles. The van der Waals surface area contributed by atoms with Crippen molar-refractivity contribution in [2.75, 3.05) is 21.1 Å². The van der Waals surface area contributed by atoms with E-state index in [0.29, 0.717) is 6.17 Å². The van der Waals surface area contributed by atoms with Crippen LogP contribution in [-0.4, -0.2) is 32.8 Å². The van der Waals surface area contributed by atoms with E-state index >= 15 is 0 Å². The highest BCUT2D eigenvalue weighted by atomic mass is 15.2. The summed E-state index contributed by atoms with van der Waals surface area (Å²) < 4.78 is 0. The summed E-state index contributed by atoms with van der Waals surface area (Å²) in [5.74, 6) is 0. The Morgan fingerprint density at radius 2 is 1.42 bits per heavy atom. The first-order chi connectivity index (χ1) is 5.70. The lowest BCUT2D eigenvalue weighted by Gasteiger charge is -2.39. The van der Waals surface area contributed by atoms with Gasteiger partial charge in [0.25, 0.3) is 0 Å². The Kier molecular flexibility index (Phi) is 5.46. The van der Waals surface area contributed by atoms with Gasteiger partial charge in [0, 0.05) is 5.54 Å². The summed E-state index contributed by atoms with van der Waals surface area (Å²) in [5.41, 5.74) is 0.170. The molecule has 0 rings (SSSR count). The van der Waals surface area contributed by atoms with E-state index in [1.807, 2.05) is 21.1 Å². The van der Waals surface area contributed by atoms with Gasteiger partial charge >= 0.3 is 0 Å². The molecule has 3 N–H and O–H groups in total. The van der Waals surface area contributed by atoms with Crippen molar-refractivity contribution in [1.82, 2.24) is 16.0 Å². The molecule has 0 amide bonds. The van der Waals surface area contributed by atoms with Gasteiger partial charge in [0.05, 0.1) is 6.17 Å². The smallest absolute Gasteiger partial charge is 0.0754 e. The SMILES string of the molecule is CCC(CC)(NC)C(NC)NC. The largest absolute Gasteiger partial charge is 0.312 e. The zero-order valence-corrected chi connectivity index (χ0v) is 8.99. The maximum absolute atomic E-state index is 3.39. The van der Waals surface area contributed by atoms with Crippen LogP contribution in [0.2, 0.25) is 0 Å². The van der Waals surface area contributed by atoms with Crippen molar-refractivity contribution in [2.45, 2.75) is 38.4 Å². The molecular weight excluding hydrogens is 150 g/mol. The summed E-state index contributed by atoms with van der Waals surface area (Å²) in [7, 11) is 5.99. The molecule has 0 fully saturated rings.